The molecule has 0 radical (unpaired) electrons. The fraction of sp³-hybridized carbons (Fsp3) is 0.867. The highest BCUT2D eigenvalue weighted by molar-refractivity contribution is 4.90. The van der Waals surface area contributed by atoms with Gasteiger partial charge in [-0.15, -0.1) is 6.58 Å². The fourth-order valence-corrected chi connectivity index (χ4v) is 2.64. The van der Waals surface area contributed by atoms with Crippen molar-refractivity contribution in [2.75, 3.05) is 7.11 Å². The minimum atomic E-state index is -0.535. The van der Waals surface area contributed by atoms with E-state index < -0.39 is 5.79 Å². The van der Waals surface area contributed by atoms with Crippen molar-refractivity contribution in [1.82, 2.24) is 0 Å². The molecular formula is C15H28O3. The Labute approximate surface area is 111 Å². The van der Waals surface area contributed by atoms with Crippen LogP contribution in [0.4, 0.5) is 0 Å². The molecule has 5 atom stereocenters. The Kier molecular flexibility index (Phi) is 5.38. The van der Waals surface area contributed by atoms with Gasteiger partial charge in [0.2, 0.25) is 0 Å². The van der Waals surface area contributed by atoms with Crippen LogP contribution >= 0.6 is 0 Å². The lowest BCUT2D eigenvalue weighted by Crippen LogP contribution is -2.53. The van der Waals surface area contributed by atoms with Gasteiger partial charge in [-0.1, -0.05) is 19.9 Å². The normalized spacial score (nSPS) is 34.9. The first-order chi connectivity index (χ1) is 8.32. The van der Waals surface area contributed by atoms with Gasteiger partial charge in [0, 0.05) is 18.9 Å². The summed E-state index contributed by atoms with van der Waals surface area (Å²) in [5.41, 5.74) is 0. The maximum absolute atomic E-state index is 6.11. The average Bonchev–Trinajstić information content (AvgIpc) is 2.31. The van der Waals surface area contributed by atoms with Crippen molar-refractivity contribution in [3.05, 3.63) is 12.7 Å². The molecule has 1 aliphatic rings. The van der Waals surface area contributed by atoms with E-state index in [9.17, 15) is 0 Å². The standard InChI is InChI=1S/C15H28O3/c1-8-9-13-11(3)14(10(2)12(4)16-7)18-15(5,6)17-13/h8,10-14H,1,9H2,2-7H3/t10-,11-,12+,13+,14+/m1/s1. The van der Waals surface area contributed by atoms with Crippen molar-refractivity contribution in [2.45, 2.75) is 65.1 Å². The highest BCUT2D eigenvalue weighted by Crippen LogP contribution is 2.37. The molecule has 1 rings (SSSR count). The summed E-state index contributed by atoms with van der Waals surface area (Å²) in [5, 5.41) is 0. The number of ether oxygens (including phenoxy) is 3. The molecule has 106 valence electrons. The Balaban J connectivity index is 2.84. The number of rotatable bonds is 5. The largest absolute Gasteiger partial charge is 0.381 e. The molecule has 1 heterocycles. The molecule has 0 N–H and O–H groups in total. The number of methoxy groups -OCH3 is 1. The maximum Gasteiger partial charge on any atom is 0.163 e. The summed E-state index contributed by atoms with van der Waals surface area (Å²) in [7, 11) is 1.75. The zero-order chi connectivity index (χ0) is 13.9. The Bertz CT molecular complexity index is 275. The van der Waals surface area contributed by atoms with Gasteiger partial charge in [-0.05, 0) is 27.2 Å². The van der Waals surface area contributed by atoms with Gasteiger partial charge in [0.05, 0.1) is 18.3 Å². The first-order valence-corrected chi connectivity index (χ1v) is 6.81. The highest BCUT2D eigenvalue weighted by Gasteiger charge is 2.43. The Morgan fingerprint density at radius 2 is 1.94 bits per heavy atom. The van der Waals surface area contributed by atoms with E-state index in [1.807, 2.05) is 19.9 Å². The third kappa shape index (κ3) is 3.56. The molecule has 0 spiro atoms. The molecule has 18 heavy (non-hydrogen) atoms. The fourth-order valence-electron chi connectivity index (χ4n) is 2.64. The second-order valence-electron chi connectivity index (χ2n) is 5.82. The van der Waals surface area contributed by atoms with Crippen LogP contribution in [0.5, 0.6) is 0 Å². The monoisotopic (exact) mass is 256 g/mol. The van der Waals surface area contributed by atoms with Gasteiger partial charge in [-0.2, -0.15) is 0 Å². The van der Waals surface area contributed by atoms with Crippen LogP contribution in [0.2, 0.25) is 0 Å². The van der Waals surface area contributed by atoms with Crippen LogP contribution in [0.1, 0.15) is 41.0 Å². The summed E-state index contributed by atoms with van der Waals surface area (Å²) in [6.45, 7) is 14.2. The first kappa shape index (κ1) is 15.7. The molecule has 0 aliphatic carbocycles. The van der Waals surface area contributed by atoms with Crippen LogP contribution in [0.25, 0.3) is 0 Å². The van der Waals surface area contributed by atoms with Gasteiger partial charge in [0.15, 0.2) is 5.79 Å². The minimum Gasteiger partial charge on any atom is -0.381 e. The second-order valence-corrected chi connectivity index (χ2v) is 5.82. The third-order valence-corrected chi connectivity index (χ3v) is 3.99. The van der Waals surface area contributed by atoms with Crippen LogP contribution < -0.4 is 0 Å². The summed E-state index contributed by atoms with van der Waals surface area (Å²) in [5.74, 6) is 0.135. The SMILES string of the molecule is C=CC[C@@H]1OC(C)(C)O[C@@H]([C@H](C)[C@H](C)OC)[C@@H]1C. The Hall–Kier alpha value is -0.380. The quantitative estimate of drug-likeness (QED) is 0.706. The lowest BCUT2D eigenvalue weighted by atomic mass is 9.84. The molecule has 0 aromatic carbocycles. The van der Waals surface area contributed by atoms with E-state index in [4.69, 9.17) is 14.2 Å². The molecule has 1 fully saturated rings. The summed E-state index contributed by atoms with van der Waals surface area (Å²) in [4.78, 5) is 0. The van der Waals surface area contributed by atoms with Gasteiger partial charge in [-0.25, -0.2) is 0 Å². The molecule has 0 amide bonds. The van der Waals surface area contributed by atoms with Gasteiger partial charge in [0.25, 0.3) is 0 Å². The van der Waals surface area contributed by atoms with Gasteiger partial charge in [0.1, 0.15) is 0 Å². The van der Waals surface area contributed by atoms with Crippen molar-refractivity contribution >= 4 is 0 Å². The average molecular weight is 256 g/mol. The minimum absolute atomic E-state index is 0.147. The molecular weight excluding hydrogens is 228 g/mol. The van der Waals surface area contributed by atoms with E-state index >= 15 is 0 Å². The van der Waals surface area contributed by atoms with E-state index in [2.05, 4.69) is 27.4 Å². The number of hydrogen-bond acceptors (Lipinski definition) is 3. The summed E-state index contributed by atoms with van der Waals surface area (Å²) in [6, 6.07) is 0. The van der Waals surface area contributed by atoms with Crippen LogP contribution in [-0.4, -0.2) is 31.2 Å². The van der Waals surface area contributed by atoms with Crippen molar-refractivity contribution < 1.29 is 14.2 Å². The summed E-state index contributed by atoms with van der Waals surface area (Å²) in [6.07, 6.45) is 3.27. The van der Waals surface area contributed by atoms with E-state index in [0.29, 0.717) is 11.8 Å². The van der Waals surface area contributed by atoms with Crippen molar-refractivity contribution in [3.63, 3.8) is 0 Å². The summed E-state index contributed by atoms with van der Waals surface area (Å²) < 4.78 is 17.5. The van der Waals surface area contributed by atoms with Crippen molar-refractivity contribution in [3.8, 4) is 0 Å². The smallest absolute Gasteiger partial charge is 0.163 e. The first-order valence-electron chi connectivity index (χ1n) is 6.81. The number of hydrogen-bond donors (Lipinski definition) is 0. The lowest BCUT2D eigenvalue weighted by molar-refractivity contribution is -0.329. The molecule has 0 aromatic heterocycles. The second kappa shape index (κ2) is 6.18. The van der Waals surface area contributed by atoms with E-state index in [0.717, 1.165) is 6.42 Å². The van der Waals surface area contributed by atoms with Crippen molar-refractivity contribution in [2.24, 2.45) is 11.8 Å². The van der Waals surface area contributed by atoms with Crippen LogP contribution in [0.15, 0.2) is 12.7 Å². The zero-order valence-electron chi connectivity index (χ0n) is 12.6. The highest BCUT2D eigenvalue weighted by atomic mass is 16.7. The maximum atomic E-state index is 6.11. The molecule has 0 unspecified atom stereocenters. The predicted molar refractivity (Wildman–Crippen MR) is 73.4 cm³/mol. The molecule has 0 saturated carbocycles. The van der Waals surface area contributed by atoms with Crippen LogP contribution in [-0.2, 0) is 14.2 Å². The van der Waals surface area contributed by atoms with Gasteiger partial charge < -0.3 is 14.2 Å². The molecule has 1 saturated heterocycles. The van der Waals surface area contributed by atoms with E-state index in [-0.39, 0.29) is 18.3 Å². The lowest BCUT2D eigenvalue weighted by Gasteiger charge is -2.47. The molecule has 0 aromatic rings. The molecule has 0 bridgehead atoms. The van der Waals surface area contributed by atoms with Crippen LogP contribution in [0, 0.1) is 11.8 Å². The predicted octanol–water partition coefficient (Wildman–Crippen LogP) is 3.39. The van der Waals surface area contributed by atoms with E-state index in [1.54, 1.807) is 7.11 Å². The molecule has 3 heteroatoms. The Morgan fingerprint density at radius 3 is 2.44 bits per heavy atom. The zero-order valence-corrected chi connectivity index (χ0v) is 12.6. The van der Waals surface area contributed by atoms with Gasteiger partial charge in [-0.3, -0.25) is 0 Å². The van der Waals surface area contributed by atoms with E-state index in [1.165, 1.54) is 0 Å². The molecule has 1 aliphatic heterocycles. The summed E-state index contributed by atoms with van der Waals surface area (Å²) >= 11 is 0. The third-order valence-electron chi connectivity index (χ3n) is 3.99. The van der Waals surface area contributed by atoms with Gasteiger partial charge >= 0.3 is 0 Å². The van der Waals surface area contributed by atoms with Crippen molar-refractivity contribution in [1.29, 1.82) is 0 Å². The van der Waals surface area contributed by atoms with Crippen LogP contribution in [0.3, 0.4) is 0 Å². The molecule has 3 nitrogen and oxygen atoms in total. The topological polar surface area (TPSA) is 27.7 Å². The Morgan fingerprint density at radius 1 is 1.33 bits per heavy atom.